The number of phosphoric ester groups is 2. The molecule has 5 atom stereocenters. The van der Waals surface area contributed by atoms with Gasteiger partial charge in [0, 0.05) is 19.3 Å². The molecule has 0 radical (unpaired) electrons. The number of carbonyl (C=O) groups excluding carboxylic acids is 3. The van der Waals surface area contributed by atoms with Gasteiger partial charge in [0.05, 0.1) is 26.4 Å². The highest BCUT2D eigenvalue weighted by Gasteiger charge is 2.29. The summed E-state index contributed by atoms with van der Waals surface area (Å²) in [6.07, 6.45) is 125. The fraction of sp³-hybridized carbons (Fsp3) is 0.660. The normalized spacial score (nSPS) is 14.6. The molecule has 0 amide bonds. The summed E-state index contributed by atoms with van der Waals surface area (Å²) in [6, 6.07) is 0. The van der Waals surface area contributed by atoms with E-state index in [0.717, 1.165) is 135 Å². The highest BCUT2D eigenvalue weighted by atomic mass is 31.2. The third-order valence-corrected chi connectivity index (χ3v) is 21.7. The quantitative estimate of drug-likeness (QED) is 0.0146. The van der Waals surface area contributed by atoms with Crippen LogP contribution in [0.3, 0.4) is 0 Å². The lowest BCUT2D eigenvalue weighted by Gasteiger charge is -2.21. The molecule has 0 saturated carbocycles. The van der Waals surface area contributed by atoms with E-state index in [2.05, 4.69) is 197 Å². The summed E-state index contributed by atoms with van der Waals surface area (Å²) in [7, 11) is -9.84. The minimum Gasteiger partial charge on any atom is -0.463 e. The summed E-state index contributed by atoms with van der Waals surface area (Å²) in [5.41, 5.74) is 0. The topological polar surface area (TPSA) is 231 Å². The Labute approximate surface area is 737 Å². The monoisotopic (exact) mass is 1730 g/mol. The van der Waals surface area contributed by atoms with Crippen molar-refractivity contribution in [3.8, 4) is 0 Å². The summed E-state index contributed by atoms with van der Waals surface area (Å²) < 4.78 is 61.4. The van der Waals surface area contributed by atoms with Crippen LogP contribution < -0.4 is 0 Å². The molecule has 0 aromatic carbocycles. The zero-order valence-electron chi connectivity index (χ0n) is 76.1. The molecule has 0 aliphatic carbocycles. The molecule has 0 spiro atoms. The predicted molar refractivity (Wildman–Crippen MR) is 509 cm³/mol. The highest BCUT2D eigenvalue weighted by molar-refractivity contribution is 7.47. The molecule has 0 heterocycles. The summed E-state index contributed by atoms with van der Waals surface area (Å²) in [6.45, 7) is 2.37. The van der Waals surface area contributed by atoms with E-state index >= 15 is 0 Å². The molecule has 121 heavy (non-hydrogen) atoms. The smallest absolute Gasteiger partial charge is 0.463 e. The van der Waals surface area contributed by atoms with Gasteiger partial charge in [0.2, 0.25) is 0 Å². The highest BCUT2D eigenvalue weighted by Crippen LogP contribution is 2.45. The lowest BCUT2D eigenvalue weighted by molar-refractivity contribution is -0.161. The number of allylic oxidation sites excluding steroid dienone is 32. The van der Waals surface area contributed by atoms with Crippen molar-refractivity contribution in [1.29, 1.82) is 0 Å². The molecule has 0 aromatic rings. The van der Waals surface area contributed by atoms with Crippen LogP contribution in [0, 0.1) is 0 Å². The van der Waals surface area contributed by atoms with Gasteiger partial charge in [-0.3, -0.25) is 32.5 Å². The molecular formula is C103H172O16P2. The standard InChI is InChI=1S/C103H172O16P2/c1-4-7-10-13-16-19-22-25-28-31-34-36-38-40-42-44-46-47-48-49-51-53-54-56-58-60-63-65-68-71-74-77-80-83-86-89-101(106)113-92-98(104)93-115-120(109,110)116-94-99(105)95-117-121(111,112)118-97-100(119-103(108)91-88-85-82-79-76-73-70-67-62-33-30-27-24-21-18-15-12-9-6-3)96-114-102(107)90-87-84-81-78-75-72-69-66-64-61-59-57-55-52-50-45-43-41-39-37-35-32-29-26-23-20-17-14-11-8-5-2/h7,9-10,12,16-21,25-30,34-37,40-43,46-47,62,67,73,76,82,85,98-100,104-105H,4-6,8,11,13-15,22-24,31-33,38-39,44-45,48-61,63-66,68-72,74-75,77-81,83-84,86-97H2,1-3H3,(H,109,110)(H,111,112)/b10-7-,12-9-,19-16-,20-17-,21-18-,28-25-,29-26-,30-27-,36-34-,37-35-,42-40-,43-41-,47-46-,67-62-,76-73-,85-82-. The molecule has 0 fully saturated rings. The number of rotatable bonds is 89. The van der Waals surface area contributed by atoms with Gasteiger partial charge in [0.25, 0.3) is 0 Å². The fourth-order valence-electron chi connectivity index (χ4n) is 12.6. The average Bonchev–Trinajstić information content (AvgIpc) is 0.895. The van der Waals surface area contributed by atoms with Crippen LogP contribution in [0.25, 0.3) is 0 Å². The Kier molecular flexibility index (Phi) is 89.2. The minimum absolute atomic E-state index is 0.0250. The molecule has 0 saturated heterocycles. The Morgan fingerprint density at radius 1 is 0.240 bits per heavy atom. The van der Waals surface area contributed by atoms with Crippen molar-refractivity contribution in [2.45, 2.75) is 399 Å². The van der Waals surface area contributed by atoms with Crippen molar-refractivity contribution < 1.29 is 75.8 Å². The second-order valence-electron chi connectivity index (χ2n) is 31.4. The van der Waals surface area contributed by atoms with Gasteiger partial charge in [0.15, 0.2) is 6.10 Å². The molecule has 16 nitrogen and oxygen atoms in total. The van der Waals surface area contributed by atoms with Gasteiger partial charge in [0.1, 0.15) is 25.4 Å². The number of ether oxygens (including phenoxy) is 3. The first-order valence-electron chi connectivity index (χ1n) is 47.7. The number of carbonyl (C=O) groups is 3. The van der Waals surface area contributed by atoms with Crippen LogP contribution in [0.15, 0.2) is 194 Å². The Bertz CT molecular complexity index is 2980. The van der Waals surface area contributed by atoms with Crippen molar-refractivity contribution in [3.63, 3.8) is 0 Å². The molecule has 690 valence electrons. The van der Waals surface area contributed by atoms with Gasteiger partial charge >= 0.3 is 33.6 Å². The minimum atomic E-state index is -4.97. The zero-order valence-corrected chi connectivity index (χ0v) is 77.9. The first-order valence-corrected chi connectivity index (χ1v) is 50.7. The van der Waals surface area contributed by atoms with Crippen LogP contribution >= 0.6 is 15.6 Å². The van der Waals surface area contributed by atoms with Gasteiger partial charge < -0.3 is 34.2 Å². The summed E-state index contributed by atoms with van der Waals surface area (Å²) >= 11 is 0. The predicted octanol–water partition coefficient (Wildman–Crippen LogP) is 29.8. The Morgan fingerprint density at radius 2 is 0.455 bits per heavy atom. The van der Waals surface area contributed by atoms with E-state index in [9.17, 15) is 43.5 Å². The maximum atomic E-state index is 13.0. The SMILES string of the molecule is CC/C=C\C/C=C\C/C=C\C/C=C\C/C=C\C/C=C\CCCCCCCCCCCCCCCCCCC(=O)OCC(O)COP(=O)(O)OCC(O)COP(=O)(O)OCC(COC(=O)CCCCCCCCCCCCCCCCC/C=C\C/C=C\C/C=C\C/C=C\CCCCC)OC(=O)CC/C=C\C/C=C\C/C=C\C/C=C\C/C=C\C/C=C\CC. The van der Waals surface area contributed by atoms with Gasteiger partial charge in [-0.05, 0) is 154 Å². The summed E-state index contributed by atoms with van der Waals surface area (Å²) in [5, 5.41) is 20.7. The van der Waals surface area contributed by atoms with Crippen LogP contribution in [-0.2, 0) is 55.8 Å². The second kappa shape index (κ2) is 93.5. The number of hydrogen-bond acceptors (Lipinski definition) is 14. The van der Waals surface area contributed by atoms with E-state index in [4.69, 9.17) is 32.3 Å². The lowest BCUT2D eigenvalue weighted by atomic mass is 10.0. The summed E-state index contributed by atoms with van der Waals surface area (Å²) in [4.78, 5) is 59.0. The van der Waals surface area contributed by atoms with Gasteiger partial charge in [-0.15, -0.1) is 0 Å². The van der Waals surface area contributed by atoms with Crippen LogP contribution in [0.5, 0.6) is 0 Å². The number of esters is 3. The molecule has 4 N–H and O–H groups in total. The first-order chi connectivity index (χ1) is 59.2. The number of aliphatic hydroxyl groups excluding tert-OH is 2. The first kappa shape index (κ1) is 115. The van der Waals surface area contributed by atoms with E-state index in [1.54, 1.807) is 0 Å². The van der Waals surface area contributed by atoms with E-state index in [1.807, 2.05) is 18.2 Å². The maximum Gasteiger partial charge on any atom is 0.472 e. The van der Waals surface area contributed by atoms with Crippen molar-refractivity contribution in [2.24, 2.45) is 0 Å². The molecular weight excluding hydrogens is 1560 g/mol. The average molecular weight is 1730 g/mol. The maximum absolute atomic E-state index is 13.0. The molecule has 0 bridgehead atoms. The van der Waals surface area contributed by atoms with Gasteiger partial charge in [-0.1, -0.05) is 401 Å². The van der Waals surface area contributed by atoms with E-state index in [1.165, 1.54) is 180 Å². The van der Waals surface area contributed by atoms with Gasteiger partial charge in [-0.2, -0.15) is 0 Å². The lowest BCUT2D eigenvalue weighted by Crippen LogP contribution is -2.29. The second-order valence-corrected chi connectivity index (χ2v) is 34.3. The van der Waals surface area contributed by atoms with Crippen molar-refractivity contribution >= 4 is 33.6 Å². The fourth-order valence-corrected chi connectivity index (χ4v) is 14.2. The summed E-state index contributed by atoms with van der Waals surface area (Å²) in [5.74, 6) is -1.67. The zero-order chi connectivity index (χ0) is 87.9. The van der Waals surface area contributed by atoms with Crippen LogP contribution in [0.2, 0.25) is 0 Å². The third-order valence-electron chi connectivity index (χ3n) is 19.8. The number of aliphatic hydroxyl groups is 2. The Morgan fingerprint density at radius 3 is 0.727 bits per heavy atom. The van der Waals surface area contributed by atoms with E-state index < -0.39 is 91.5 Å². The molecule has 5 unspecified atom stereocenters. The Hall–Kier alpha value is -5.61. The van der Waals surface area contributed by atoms with Crippen LogP contribution in [-0.4, -0.2) is 95.9 Å². The van der Waals surface area contributed by atoms with E-state index in [-0.39, 0.29) is 19.3 Å². The molecule has 0 aromatic heterocycles. The van der Waals surface area contributed by atoms with E-state index in [0.29, 0.717) is 25.7 Å². The van der Waals surface area contributed by atoms with Crippen LogP contribution in [0.4, 0.5) is 0 Å². The largest absolute Gasteiger partial charge is 0.472 e. The molecule has 0 aliphatic heterocycles. The third kappa shape index (κ3) is 94.9. The molecule has 18 heteroatoms. The van der Waals surface area contributed by atoms with Gasteiger partial charge in [-0.25, -0.2) is 9.13 Å². The van der Waals surface area contributed by atoms with Crippen molar-refractivity contribution in [2.75, 3.05) is 39.6 Å². The molecule has 0 rings (SSSR count). The number of unbranched alkanes of at least 4 members (excludes halogenated alkanes) is 34. The number of phosphoric acid groups is 2. The molecule has 0 aliphatic rings. The number of hydrogen-bond donors (Lipinski definition) is 4. The van der Waals surface area contributed by atoms with Crippen LogP contribution in [0.1, 0.15) is 380 Å². The van der Waals surface area contributed by atoms with Crippen molar-refractivity contribution in [1.82, 2.24) is 0 Å². The Balaban J connectivity index is 4.55. The van der Waals surface area contributed by atoms with Crippen molar-refractivity contribution in [3.05, 3.63) is 194 Å².